The summed E-state index contributed by atoms with van der Waals surface area (Å²) in [6, 6.07) is 9.64. The topological polar surface area (TPSA) is 40.6 Å². The number of para-hydroxylation sites is 1. The maximum atomic E-state index is 12.4. The van der Waals surface area contributed by atoms with E-state index in [1.165, 1.54) is 0 Å². The molecule has 1 aromatic carbocycles. The second kappa shape index (κ2) is 8.45. The molecular formula is C17H26N2O2. The van der Waals surface area contributed by atoms with Gasteiger partial charge >= 0.3 is 0 Å². The first-order valence-electron chi connectivity index (χ1n) is 7.56. The highest BCUT2D eigenvalue weighted by atomic mass is 16.2. The molecule has 2 amide bonds. The minimum Gasteiger partial charge on any atom is -0.342 e. The summed E-state index contributed by atoms with van der Waals surface area (Å²) in [5.41, 5.74) is 0.906. The molecule has 0 N–H and O–H groups in total. The maximum Gasteiger partial charge on any atom is 0.228 e. The van der Waals surface area contributed by atoms with Crippen LogP contribution in [0.4, 0.5) is 5.69 Å². The third kappa shape index (κ3) is 5.58. The van der Waals surface area contributed by atoms with Crippen molar-refractivity contribution < 1.29 is 9.59 Å². The Morgan fingerprint density at radius 2 is 1.76 bits per heavy atom. The van der Waals surface area contributed by atoms with E-state index in [4.69, 9.17) is 0 Å². The van der Waals surface area contributed by atoms with Gasteiger partial charge in [0.15, 0.2) is 0 Å². The molecule has 0 atom stereocenters. The van der Waals surface area contributed by atoms with Crippen LogP contribution in [0.15, 0.2) is 30.3 Å². The van der Waals surface area contributed by atoms with E-state index in [1.54, 1.807) is 16.7 Å². The molecule has 0 aliphatic heterocycles. The van der Waals surface area contributed by atoms with Crippen molar-refractivity contribution in [1.29, 1.82) is 0 Å². The number of anilines is 1. The fourth-order valence-electron chi connectivity index (χ4n) is 2.29. The van der Waals surface area contributed by atoms with E-state index in [9.17, 15) is 9.59 Å². The van der Waals surface area contributed by atoms with Gasteiger partial charge in [0.25, 0.3) is 0 Å². The van der Waals surface area contributed by atoms with Crippen LogP contribution in [0, 0.1) is 5.92 Å². The van der Waals surface area contributed by atoms with Gasteiger partial charge in [0.2, 0.25) is 11.8 Å². The second-order valence-electron chi connectivity index (χ2n) is 5.58. The highest BCUT2D eigenvalue weighted by Crippen LogP contribution is 2.14. The lowest BCUT2D eigenvalue weighted by Crippen LogP contribution is -2.37. The second-order valence-corrected chi connectivity index (χ2v) is 5.58. The molecule has 0 radical (unpaired) electrons. The van der Waals surface area contributed by atoms with Gasteiger partial charge in [-0.2, -0.15) is 0 Å². The summed E-state index contributed by atoms with van der Waals surface area (Å²) < 4.78 is 0. The van der Waals surface area contributed by atoms with E-state index in [2.05, 4.69) is 13.8 Å². The van der Waals surface area contributed by atoms with Crippen molar-refractivity contribution >= 4 is 17.5 Å². The van der Waals surface area contributed by atoms with Gasteiger partial charge in [0.1, 0.15) is 0 Å². The van der Waals surface area contributed by atoms with Crippen molar-refractivity contribution in [2.45, 2.75) is 34.1 Å². The van der Waals surface area contributed by atoms with Gasteiger partial charge in [0, 0.05) is 38.7 Å². The molecule has 0 unspecified atom stereocenters. The molecule has 0 bridgehead atoms. The molecule has 0 aromatic heterocycles. The fourth-order valence-corrected chi connectivity index (χ4v) is 2.29. The first-order chi connectivity index (χ1) is 9.95. The molecule has 116 valence electrons. The van der Waals surface area contributed by atoms with Gasteiger partial charge in [0.05, 0.1) is 0 Å². The SMILES string of the molecule is CCN(C(=O)CCN(CC(C)C)C(C)=O)c1ccccc1. The third-order valence-corrected chi connectivity index (χ3v) is 3.31. The number of benzene rings is 1. The summed E-state index contributed by atoms with van der Waals surface area (Å²) in [4.78, 5) is 27.5. The number of hydrogen-bond donors (Lipinski definition) is 0. The first kappa shape index (κ1) is 17.2. The number of amides is 2. The van der Waals surface area contributed by atoms with Crippen molar-refractivity contribution in [1.82, 2.24) is 4.90 Å². The van der Waals surface area contributed by atoms with Crippen LogP contribution in [0.2, 0.25) is 0 Å². The van der Waals surface area contributed by atoms with Gasteiger partial charge in [-0.3, -0.25) is 9.59 Å². The average molecular weight is 290 g/mol. The highest BCUT2D eigenvalue weighted by molar-refractivity contribution is 5.93. The molecule has 0 aliphatic rings. The van der Waals surface area contributed by atoms with Crippen LogP contribution >= 0.6 is 0 Å². The standard InChI is InChI=1S/C17H26N2O2/c1-5-19(16-9-7-6-8-10-16)17(21)11-12-18(15(4)20)13-14(2)3/h6-10,14H,5,11-13H2,1-4H3. The van der Waals surface area contributed by atoms with Crippen molar-refractivity contribution in [2.75, 3.05) is 24.5 Å². The molecule has 4 nitrogen and oxygen atoms in total. The van der Waals surface area contributed by atoms with E-state index >= 15 is 0 Å². The zero-order valence-corrected chi connectivity index (χ0v) is 13.5. The average Bonchev–Trinajstić information content (AvgIpc) is 2.44. The van der Waals surface area contributed by atoms with Gasteiger partial charge in [-0.05, 0) is 25.0 Å². The molecule has 0 saturated carbocycles. The van der Waals surface area contributed by atoms with E-state index < -0.39 is 0 Å². The Hall–Kier alpha value is -1.84. The summed E-state index contributed by atoms with van der Waals surface area (Å²) in [6.07, 6.45) is 0.356. The molecule has 0 spiro atoms. The number of rotatable bonds is 7. The van der Waals surface area contributed by atoms with Gasteiger partial charge in [-0.1, -0.05) is 32.0 Å². The van der Waals surface area contributed by atoms with Crippen molar-refractivity contribution in [3.8, 4) is 0 Å². The molecule has 0 saturated heterocycles. The predicted octanol–water partition coefficient (Wildman–Crippen LogP) is 2.93. The Morgan fingerprint density at radius 3 is 2.24 bits per heavy atom. The van der Waals surface area contributed by atoms with E-state index in [1.807, 2.05) is 37.3 Å². The van der Waals surface area contributed by atoms with Crippen LogP contribution in [0.5, 0.6) is 0 Å². The van der Waals surface area contributed by atoms with E-state index in [-0.39, 0.29) is 11.8 Å². The Morgan fingerprint density at radius 1 is 1.14 bits per heavy atom. The van der Waals surface area contributed by atoms with Crippen molar-refractivity contribution in [3.63, 3.8) is 0 Å². The Labute approximate surface area is 127 Å². The lowest BCUT2D eigenvalue weighted by molar-refractivity contribution is -0.130. The van der Waals surface area contributed by atoms with Gasteiger partial charge in [-0.25, -0.2) is 0 Å². The van der Waals surface area contributed by atoms with Crippen molar-refractivity contribution in [2.24, 2.45) is 5.92 Å². The molecule has 0 fully saturated rings. The summed E-state index contributed by atoms with van der Waals surface area (Å²) in [7, 11) is 0. The van der Waals surface area contributed by atoms with Crippen LogP contribution in [-0.2, 0) is 9.59 Å². The van der Waals surface area contributed by atoms with Crippen LogP contribution in [-0.4, -0.2) is 36.3 Å². The van der Waals surface area contributed by atoms with Crippen LogP contribution in [0.25, 0.3) is 0 Å². The Bertz CT molecular complexity index is 457. The smallest absolute Gasteiger partial charge is 0.228 e. The molecule has 21 heavy (non-hydrogen) atoms. The molecule has 1 aromatic rings. The third-order valence-electron chi connectivity index (χ3n) is 3.31. The Kier molecular flexibility index (Phi) is 6.92. The largest absolute Gasteiger partial charge is 0.342 e. The lowest BCUT2D eigenvalue weighted by Gasteiger charge is -2.25. The quantitative estimate of drug-likeness (QED) is 0.774. The summed E-state index contributed by atoms with van der Waals surface area (Å²) >= 11 is 0. The fraction of sp³-hybridized carbons (Fsp3) is 0.529. The van der Waals surface area contributed by atoms with Crippen LogP contribution < -0.4 is 4.90 Å². The molecule has 0 heterocycles. The minimum atomic E-state index is 0.0271. The van der Waals surface area contributed by atoms with Gasteiger partial charge in [-0.15, -0.1) is 0 Å². The maximum absolute atomic E-state index is 12.4. The molecule has 4 heteroatoms. The zero-order chi connectivity index (χ0) is 15.8. The lowest BCUT2D eigenvalue weighted by atomic mass is 10.2. The Balaban J connectivity index is 2.64. The molecular weight excluding hydrogens is 264 g/mol. The number of nitrogens with zero attached hydrogens (tertiary/aromatic N) is 2. The minimum absolute atomic E-state index is 0.0271. The summed E-state index contributed by atoms with van der Waals surface area (Å²) in [5.74, 6) is 0.485. The summed E-state index contributed by atoms with van der Waals surface area (Å²) in [5, 5.41) is 0. The van der Waals surface area contributed by atoms with Crippen molar-refractivity contribution in [3.05, 3.63) is 30.3 Å². The zero-order valence-electron chi connectivity index (χ0n) is 13.5. The number of hydrogen-bond acceptors (Lipinski definition) is 2. The highest BCUT2D eigenvalue weighted by Gasteiger charge is 2.17. The summed E-state index contributed by atoms with van der Waals surface area (Å²) in [6.45, 7) is 9.46. The van der Waals surface area contributed by atoms with Crippen LogP contribution in [0.1, 0.15) is 34.1 Å². The number of carbonyl (C=O) groups is 2. The van der Waals surface area contributed by atoms with Crippen LogP contribution in [0.3, 0.4) is 0 Å². The van der Waals surface area contributed by atoms with E-state index in [0.717, 1.165) is 5.69 Å². The van der Waals surface area contributed by atoms with E-state index in [0.29, 0.717) is 32.0 Å². The number of carbonyl (C=O) groups excluding carboxylic acids is 2. The molecule has 1 rings (SSSR count). The predicted molar refractivity (Wildman–Crippen MR) is 86.2 cm³/mol. The normalized spacial score (nSPS) is 10.5. The molecule has 0 aliphatic carbocycles. The monoisotopic (exact) mass is 290 g/mol. The van der Waals surface area contributed by atoms with Gasteiger partial charge < -0.3 is 9.80 Å². The first-order valence-corrected chi connectivity index (χ1v) is 7.56.